The molecule has 0 saturated carbocycles. The lowest BCUT2D eigenvalue weighted by Gasteiger charge is -2.02. The summed E-state index contributed by atoms with van der Waals surface area (Å²) in [7, 11) is 1.31. The molecule has 5 heteroatoms. The van der Waals surface area contributed by atoms with E-state index in [4.69, 9.17) is 5.73 Å². The summed E-state index contributed by atoms with van der Waals surface area (Å²) >= 11 is 4.68. The summed E-state index contributed by atoms with van der Waals surface area (Å²) < 4.78 is 4.34. The van der Waals surface area contributed by atoms with E-state index in [0.717, 1.165) is 0 Å². The fourth-order valence-electron chi connectivity index (χ4n) is 0.315. The SMILES string of the molecule is COC(=O)CNC(=S)CN. The molecule has 0 aromatic heterocycles. The molecule has 0 fully saturated rings. The molecule has 0 saturated heterocycles. The highest BCUT2D eigenvalue weighted by Gasteiger charge is 1.98. The minimum Gasteiger partial charge on any atom is -0.468 e. The zero-order chi connectivity index (χ0) is 7.98. The molecule has 0 heterocycles. The number of carbonyl (C=O) groups is 1. The highest BCUT2D eigenvalue weighted by Crippen LogP contribution is 1.71. The van der Waals surface area contributed by atoms with Crippen molar-refractivity contribution in [2.75, 3.05) is 20.2 Å². The Kier molecular flexibility index (Phi) is 4.78. The molecule has 4 nitrogen and oxygen atoms in total. The maximum Gasteiger partial charge on any atom is 0.325 e. The molecule has 10 heavy (non-hydrogen) atoms. The number of carbonyl (C=O) groups excluding carboxylic acids is 1. The Labute approximate surface area is 64.7 Å². The number of nitrogens with one attached hydrogen (secondary N) is 1. The van der Waals surface area contributed by atoms with E-state index in [1.165, 1.54) is 7.11 Å². The molecule has 0 aromatic rings. The molecule has 0 aliphatic carbocycles. The Balaban J connectivity index is 3.35. The van der Waals surface area contributed by atoms with Gasteiger partial charge in [0.15, 0.2) is 0 Å². The number of methoxy groups -OCH3 is 1. The van der Waals surface area contributed by atoms with Gasteiger partial charge in [-0.2, -0.15) is 0 Å². The van der Waals surface area contributed by atoms with Crippen molar-refractivity contribution < 1.29 is 9.53 Å². The van der Waals surface area contributed by atoms with Crippen molar-refractivity contribution in [1.82, 2.24) is 5.32 Å². The van der Waals surface area contributed by atoms with Crippen LogP contribution in [-0.2, 0) is 9.53 Å². The number of nitrogens with two attached hydrogens (primary N) is 1. The van der Waals surface area contributed by atoms with E-state index in [2.05, 4.69) is 22.3 Å². The van der Waals surface area contributed by atoms with Gasteiger partial charge in [-0.15, -0.1) is 0 Å². The molecule has 0 bridgehead atoms. The van der Waals surface area contributed by atoms with Crippen LogP contribution in [0.25, 0.3) is 0 Å². The molecule has 0 radical (unpaired) electrons. The van der Waals surface area contributed by atoms with Crippen LogP contribution in [0.4, 0.5) is 0 Å². The molecular formula is C5H10N2O2S. The predicted octanol–water partition coefficient (Wildman–Crippen LogP) is -0.965. The van der Waals surface area contributed by atoms with Crippen LogP contribution in [0.2, 0.25) is 0 Å². The minimum absolute atomic E-state index is 0.0898. The topological polar surface area (TPSA) is 64.3 Å². The second-order valence-electron chi connectivity index (χ2n) is 1.56. The van der Waals surface area contributed by atoms with Crippen LogP contribution in [-0.4, -0.2) is 31.2 Å². The third kappa shape index (κ3) is 4.22. The normalized spacial score (nSPS) is 8.60. The lowest BCUT2D eigenvalue weighted by molar-refractivity contribution is -0.139. The van der Waals surface area contributed by atoms with Crippen molar-refractivity contribution in [3.63, 3.8) is 0 Å². The van der Waals surface area contributed by atoms with Gasteiger partial charge in [-0.25, -0.2) is 0 Å². The lowest BCUT2D eigenvalue weighted by atomic mass is 10.6. The van der Waals surface area contributed by atoms with Gasteiger partial charge in [-0.05, 0) is 0 Å². The monoisotopic (exact) mass is 162 g/mol. The third-order valence-corrected chi connectivity index (χ3v) is 1.15. The molecule has 0 spiro atoms. The van der Waals surface area contributed by atoms with Crippen LogP contribution >= 0.6 is 12.2 Å². The van der Waals surface area contributed by atoms with Crippen LogP contribution in [0.1, 0.15) is 0 Å². The number of hydrogen-bond donors (Lipinski definition) is 2. The lowest BCUT2D eigenvalue weighted by Crippen LogP contribution is -2.33. The van der Waals surface area contributed by atoms with Gasteiger partial charge in [0.1, 0.15) is 6.54 Å². The number of esters is 1. The third-order valence-electron chi connectivity index (χ3n) is 0.843. The summed E-state index contributed by atoms with van der Waals surface area (Å²) in [6.45, 7) is 0.346. The van der Waals surface area contributed by atoms with Crippen molar-refractivity contribution in [2.24, 2.45) is 5.73 Å². The van der Waals surface area contributed by atoms with Gasteiger partial charge in [0, 0.05) is 6.54 Å². The summed E-state index contributed by atoms with van der Waals surface area (Å²) in [6, 6.07) is 0. The van der Waals surface area contributed by atoms with Crippen molar-refractivity contribution in [3.05, 3.63) is 0 Å². The molecule has 0 aliphatic heterocycles. The summed E-state index contributed by atoms with van der Waals surface area (Å²) in [4.78, 5) is 10.9. The maximum absolute atomic E-state index is 10.4. The molecule has 0 atom stereocenters. The van der Waals surface area contributed by atoms with Crippen LogP contribution < -0.4 is 11.1 Å². The maximum atomic E-state index is 10.4. The van der Waals surface area contributed by atoms with Crippen molar-refractivity contribution in [2.45, 2.75) is 0 Å². The number of thiocarbonyl (C=S) groups is 1. The Bertz CT molecular complexity index is 122. The van der Waals surface area contributed by atoms with Crippen LogP contribution in [0.5, 0.6) is 0 Å². The molecule has 58 valence electrons. The minimum atomic E-state index is -0.351. The van der Waals surface area contributed by atoms with Gasteiger partial charge < -0.3 is 15.8 Å². The number of hydrogen-bond acceptors (Lipinski definition) is 4. The first-order valence-electron chi connectivity index (χ1n) is 2.74. The Morgan fingerprint density at radius 1 is 1.80 bits per heavy atom. The quantitative estimate of drug-likeness (QED) is 0.413. The van der Waals surface area contributed by atoms with E-state index >= 15 is 0 Å². The van der Waals surface area contributed by atoms with Gasteiger partial charge in [0.05, 0.1) is 12.1 Å². The zero-order valence-electron chi connectivity index (χ0n) is 5.72. The highest BCUT2D eigenvalue weighted by atomic mass is 32.1. The molecular weight excluding hydrogens is 152 g/mol. The predicted molar refractivity (Wildman–Crippen MR) is 41.7 cm³/mol. The van der Waals surface area contributed by atoms with Crippen molar-refractivity contribution in [3.8, 4) is 0 Å². The van der Waals surface area contributed by atoms with Crippen LogP contribution in [0.3, 0.4) is 0 Å². The molecule has 3 N–H and O–H groups in total. The van der Waals surface area contributed by atoms with Gasteiger partial charge >= 0.3 is 5.97 Å². The second-order valence-corrected chi connectivity index (χ2v) is 2.05. The number of ether oxygens (including phenoxy) is 1. The van der Waals surface area contributed by atoms with Gasteiger partial charge in [-0.3, -0.25) is 4.79 Å². The van der Waals surface area contributed by atoms with Crippen molar-refractivity contribution >= 4 is 23.2 Å². The first kappa shape index (κ1) is 9.32. The van der Waals surface area contributed by atoms with Gasteiger partial charge in [0.25, 0.3) is 0 Å². The summed E-state index contributed by atoms with van der Waals surface area (Å²) in [6.07, 6.45) is 0. The van der Waals surface area contributed by atoms with Crippen molar-refractivity contribution in [1.29, 1.82) is 0 Å². The summed E-state index contributed by atoms with van der Waals surface area (Å²) in [5.74, 6) is -0.351. The van der Waals surface area contributed by atoms with Gasteiger partial charge in [0.2, 0.25) is 0 Å². The van der Waals surface area contributed by atoms with Crippen LogP contribution in [0.15, 0.2) is 0 Å². The van der Waals surface area contributed by atoms with E-state index in [-0.39, 0.29) is 19.1 Å². The Morgan fingerprint density at radius 3 is 2.80 bits per heavy atom. The average molecular weight is 162 g/mol. The first-order chi connectivity index (χ1) is 4.70. The highest BCUT2D eigenvalue weighted by molar-refractivity contribution is 7.80. The molecule has 0 aromatic carbocycles. The molecule has 0 amide bonds. The summed E-state index contributed by atoms with van der Waals surface area (Å²) in [5.41, 5.74) is 5.14. The number of rotatable bonds is 3. The van der Waals surface area contributed by atoms with Gasteiger partial charge in [-0.1, -0.05) is 12.2 Å². The molecule has 0 rings (SSSR count). The first-order valence-corrected chi connectivity index (χ1v) is 3.15. The Morgan fingerprint density at radius 2 is 2.40 bits per heavy atom. The summed E-state index contributed by atoms with van der Waals surface area (Å²) in [5, 5.41) is 2.61. The second kappa shape index (κ2) is 5.13. The molecule has 0 aliphatic rings. The van der Waals surface area contributed by atoms with E-state index in [1.807, 2.05) is 0 Å². The largest absolute Gasteiger partial charge is 0.468 e. The van der Waals surface area contributed by atoms with E-state index in [9.17, 15) is 4.79 Å². The molecule has 0 unspecified atom stereocenters. The standard InChI is InChI=1S/C5H10N2O2S/c1-9-5(8)3-7-4(10)2-6/h2-3,6H2,1H3,(H,7,10). The van der Waals surface area contributed by atoms with E-state index < -0.39 is 0 Å². The smallest absolute Gasteiger partial charge is 0.325 e. The fraction of sp³-hybridized carbons (Fsp3) is 0.600. The van der Waals surface area contributed by atoms with E-state index in [1.54, 1.807) is 0 Å². The average Bonchev–Trinajstić information content (AvgIpc) is 1.99. The zero-order valence-corrected chi connectivity index (χ0v) is 6.53. The Hall–Kier alpha value is -0.680. The fourth-order valence-corrected chi connectivity index (χ4v) is 0.387. The van der Waals surface area contributed by atoms with E-state index in [0.29, 0.717) is 4.99 Å². The van der Waals surface area contributed by atoms with Crippen LogP contribution in [0, 0.1) is 0 Å².